The highest BCUT2D eigenvalue weighted by Gasteiger charge is 2.24. The van der Waals surface area contributed by atoms with Gasteiger partial charge in [-0.05, 0) is 32.4 Å². The van der Waals surface area contributed by atoms with Crippen molar-refractivity contribution in [1.29, 1.82) is 5.26 Å². The Labute approximate surface area is 146 Å². The van der Waals surface area contributed by atoms with Crippen molar-refractivity contribution in [1.82, 2.24) is 24.8 Å². The van der Waals surface area contributed by atoms with E-state index in [9.17, 15) is 4.79 Å². The molecular weight excluding hydrogens is 316 g/mol. The van der Waals surface area contributed by atoms with Gasteiger partial charge in [0.25, 0.3) is 5.91 Å². The Kier molecular flexibility index (Phi) is 4.91. The molecule has 7 heteroatoms. The van der Waals surface area contributed by atoms with Gasteiger partial charge in [0.2, 0.25) is 0 Å². The van der Waals surface area contributed by atoms with Gasteiger partial charge in [0.1, 0.15) is 12.9 Å². The van der Waals surface area contributed by atoms with E-state index in [0.29, 0.717) is 12.4 Å². The SMILES string of the molecule is Cc1cc(C)cc(-c2ncn(/C=C\C(=O)N3CCCN3CC#N)n2)c1. The van der Waals surface area contributed by atoms with Crippen LogP contribution >= 0.6 is 0 Å². The van der Waals surface area contributed by atoms with E-state index in [1.165, 1.54) is 10.8 Å². The van der Waals surface area contributed by atoms with Gasteiger partial charge < -0.3 is 0 Å². The number of nitrogens with zero attached hydrogens (tertiary/aromatic N) is 6. The lowest BCUT2D eigenvalue weighted by Gasteiger charge is -2.24. The molecule has 0 saturated carbocycles. The third-order valence-corrected chi connectivity index (χ3v) is 3.99. The first-order valence-electron chi connectivity index (χ1n) is 8.18. The molecule has 1 aliphatic heterocycles. The van der Waals surface area contributed by atoms with E-state index in [1.54, 1.807) is 22.5 Å². The number of benzene rings is 1. The molecule has 25 heavy (non-hydrogen) atoms. The summed E-state index contributed by atoms with van der Waals surface area (Å²) in [6.07, 6.45) is 5.50. The van der Waals surface area contributed by atoms with Crippen LogP contribution in [0.2, 0.25) is 0 Å². The Morgan fingerprint density at radius 2 is 2.04 bits per heavy atom. The average molecular weight is 336 g/mol. The summed E-state index contributed by atoms with van der Waals surface area (Å²) in [6, 6.07) is 8.25. The molecule has 1 aromatic heterocycles. The fraction of sp³-hybridized carbons (Fsp3) is 0.333. The van der Waals surface area contributed by atoms with E-state index in [4.69, 9.17) is 5.26 Å². The van der Waals surface area contributed by atoms with E-state index < -0.39 is 0 Å². The fourth-order valence-electron chi connectivity index (χ4n) is 2.97. The maximum Gasteiger partial charge on any atom is 0.262 e. The molecule has 0 aliphatic carbocycles. The molecular formula is C18H20N6O. The van der Waals surface area contributed by atoms with Gasteiger partial charge in [-0.25, -0.2) is 14.7 Å². The van der Waals surface area contributed by atoms with Crippen molar-refractivity contribution in [3.05, 3.63) is 41.7 Å². The minimum absolute atomic E-state index is 0.156. The number of carbonyl (C=O) groups is 1. The standard InChI is InChI=1S/C18H20N6O/c1-14-10-15(2)12-16(11-14)18-20-13-22(21-18)8-4-17(25)24-7-3-6-23(24)9-5-19/h4,8,10-13H,3,6-7,9H2,1-2H3/b8-4-. The summed E-state index contributed by atoms with van der Waals surface area (Å²) in [4.78, 5) is 16.6. The molecule has 0 spiro atoms. The third-order valence-electron chi connectivity index (χ3n) is 3.99. The van der Waals surface area contributed by atoms with Gasteiger partial charge in [-0.3, -0.25) is 9.80 Å². The molecule has 0 bridgehead atoms. The van der Waals surface area contributed by atoms with Crippen molar-refractivity contribution in [3.63, 3.8) is 0 Å². The lowest BCUT2D eigenvalue weighted by molar-refractivity contribution is -0.137. The number of rotatable bonds is 4. The van der Waals surface area contributed by atoms with Crippen LogP contribution in [0.5, 0.6) is 0 Å². The Morgan fingerprint density at radius 1 is 1.28 bits per heavy atom. The Morgan fingerprint density at radius 3 is 2.76 bits per heavy atom. The summed E-state index contributed by atoms with van der Waals surface area (Å²) in [5, 5.41) is 16.6. The van der Waals surface area contributed by atoms with Crippen molar-refractivity contribution in [2.45, 2.75) is 20.3 Å². The second kappa shape index (κ2) is 7.28. The molecule has 2 aromatic rings. The summed E-state index contributed by atoms with van der Waals surface area (Å²) in [7, 11) is 0. The van der Waals surface area contributed by atoms with Crippen LogP contribution in [0, 0.1) is 25.2 Å². The average Bonchev–Trinajstić information content (AvgIpc) is 3.21. The molecule has 0 unspecified atom stereocenters. The number of hydrogen-bond donors (Lipinski definition) is 0. The largest absolute Gasteiger partial charge is 0.271 e. The van der Waals surface area contributed by atoms with Gasteiger partial charge in [-0.2, -0.15) is 5.26 Å². The van der Waals surface area contributed by atoms with Crippen LogP contribution in [0.15, 0.2) is 30.6 Å². The molecule has 3 rings (SSSR count). The first-order chi connectivity index (χ1) is 12.1. The molecule has 0 atom stereocenters. The number of aryl methyl sites for hydroxylation is 2. The van der Waals surface area contributed by atoms with Gasteiger partial charge in [0.05, 0.1) is 6.07 Å². The maximum absolute atomic E-state index is 12.3. The first kappa shape index (κ1) is 16.9. The molecule has 2 heterocycles. The Balaban J connectivity index is 1.71. The minimum atomic E-state index is -0.156. The third kappa shape index (κ3) is 3.92. The van der Waals surface area contributed by atoms with Crippen LogP contribution in [-0.2, 0) is 4.79 Å². The normalized spacial score (nSPS) is 15.0. The summed E-state index contributed by atoms with van der Waals surface area (Å²) in [5.74, 6) is 0.465. The quantitative estimate of drug-likeness (QED) is 0.630. The smallest absolute Gasteiger partial charge is 0.262 e. The van der Waals surface area contributed by atoms with Crippen molar-refractivity contribution >= 4 is 12.1 Å². The summed E-state index contributed by atoms with van der Waals surface area (Å²) in [6.45, 7) is 5.66. The van der Waals surface area contributed by atoms with Crippen LogP contribution in [0.25, 0.3) is 17.6 Å². The second-order valence-electron chi connectivity index (χ2n) is 6.10. The zero-order valence-corrected chi connectivity index (χ0v) is 14.4. The summed E-state index contributed by atoms with van der Waals surface area (Å²) < 4.78 is 1.52. The number of hydrogen-bond acceptors (Lipinski definition) is 5. The highest BCUT2D eigenvalue weighted by atomic mass is 16.2. The number of nitriles is 1. The molecule has 1 fully saturated rings. The van der Waals surface area contributed by atoms with Gasteiger partial charge >= 0.3 is 0 Å². The monoisotopic (exact) mass is 336 g/mol. The van der Waals surface area contributed by atoms with Gasteiger partial charge in [-0.15, -0.1) is 5.10 Å². The molecule has 128 valence electrons. The van der Waals surface area contributed by atoms with Crippen LogP contribution in [0.1, 0.15) is 17.5 Å². The van der Waals surface area contributed by atoms with Gasteiger partial charge in [-0.1, -0.05) is 17.2 Å². The minimum Gasteiger partial charge on any atom is -0.271 e. The van der Waals surface area contributed by atoms with Crippen molar-refractivity contribution in [2.24, 2.45) is 0 Å². The molecule has 1 saturated heterocycles. The summed E-state index contributed by atoms with van der Waals surface area (Å²) >= 11 is 0. The molecule has 1 aliphatic rings. The highest BCUT2D eigenvalue weighted by Crippen LogP contribution is 2.18. The molecule has 1 aromatic carbocycles. The van der Waals surface area contributed by atoms with Crippen LogP contribution in [0.3, 0.4) is 0 Å². The maximum atomic E-state index is 12.3. The lowest BCUT2D eigenvalue weighted by atomic mass is 10.1. The van der Waals surface area contributed by atoms with Gasteiger partial charge in [0, 0.05) is 30.9 Å². The Bertz CT molecular complexity index is 827. The number of carbonyl (C=O) groups excluding carboxylic acids is 1. The first-order valence-corrected chi connectivity index (χ1v) is 8.18. The van der Waals surface area contributed by atoms with E-state index in [0.717, 1.165) is 29.7 Å². The predicted molar refractivity (Wildman–Crippen MR) is 93.8 cm³/mol. The van der Waals surface area contributed by atoms with E-state index in [-0.39, 0.29) is 12.5 Å². The molecule has 7 nitrogen and oxygen atoms in total. The zero-order chi connectivity index (χ0) is 17.8. The van der Waals surface area contributed by atoms with Crippen molar-refractivity contribution in [3.8, 4) is 17.5 Å². The molecule has 1 amide bonds. The van der Waals surface area contributed by atoms with Crippen molar-refractivity contribution in [2.75, 3.05) is 19.6 Å². The number of aromatic nitrogens is 3. The lowest BCUT2D eigenvalue weighted by Crippen LogP contribution is -2.40. The Hall–Kier alpha value is -2.98. The van der Waals surface area contributed by atoms with Crippen LogP contribution in [-0.4, -0.2) is 50.3 Å². The number of amides is 1. The highest BCUT2D eigenvalue weighted by molar-refractivity contribution is 5.89. The molecule has 0 N–H and O–H groups in total. The van der Waals surface area contributed by atoms with Crippen LogP contribution in [0.4, 0.5) is 0 Å². The van der Waals surface area contributed by atoms with E-state index in [1.807, 2.05) is 26.0 Å². The van der Waals surface area contributed by atoms with E-state index >= 15 is 0 Å². The van der Waals surface area contributed by atoms with Crippen molar-refractivity contribution < 1.29 is 4.79 Å². The molecule has 0 radical (unpaired) electrons. The van der Waals surface area contributed by atoms with Gasteiger partial charge in [0.15, 0.2) is 5.82 Å². The number of hydrazine groups is 1. The zero-order valence-electron chi connectivity index (χ0n) is 14.4. The predicted octanol–water partition coefficient (Wildman–Crippen LogP) is 2.01. The fourth-order valence-corrected chi connectivity index (χ4v) is 2.97. The van der Waals surface area contributed by atoms with E-state index in [2.05, 4.69) is 22.2 Å². The topological polar surface area (TPSA) is 78.0 Å². The second-order valence-corrected chi connectivity index (χ2v) is 6.10. The van der Waals surface area contributed by atoms with Crippen LogP contribution < -0.4 is 0 Å². The summed E-state index contributed by atoms with van der Waals surface area (Å²) in [5.41, 5.74) is 3.27.